The van der Waals surface area contributed by atoms with Crippen LogP contribution in [0, 0.1) is 5.92 Å². The molecule has 0 fully saturated rings. The fourth-order valence-electron chi connectivity index (χ4n) is 1.39. The van der Waals surface area contributed by atoms with Crippen LogP contribution in [0.25, 0.3) is 0 Å². The fraction of sp³-hybridized carbons (Fsp3) is 0.909. The van der Waals surface area contributed by atoms with E-state index in [0.29, 0.717) is 12.5 Å². The first kappa shape index (κ1) is 14.4. The minimum absolute atomic E-state index is 0.0942. The summed E-state index contributed by atoms with van der Waals surface area (Å²) in [5.74, 6) is 0.541. The van der Waals surface area contributed by atoms with E-state index in [4.69, 9.17) is 4.74 Å². The van der Waals surface area contributed by atoms with E-state index in [0.717, 1.165) is 0 Å². The summed E-state index contributed by atoms with van der Waals surface area (Å²) in [4.78, 5) is 13.2. The highest BCUT2D eigenvalue weighted by Gasteiger charge is 2.20. The van der Waals surface area contributed by atoms with E-state index in [2.05, 4.69) is 19.2 Å². The number of likely N-dealkylation sites (N-methyl/N-ethyl adjacent to an activating group) is 1. The molecule has 1 amide bonds. The van der Waals surface area contributed by atoms with Gasteiger partial charge in [-0.3, -0.25) is 4.79 Å². The predicted octanol–water partition coefficient (Wildman–Crippen LogP) is 0.724. The summed E-state index contributed by atoms with van der Waals surface area (Å²) in [6, 6.07) is 0.0523. The maximum Gasteiger partial charge on any atom is 0.238 e. The summed E-state index contributed by atoms with van der Waals surface area (Å²) in [6.45, 7) is 6.74. The van der Waals surface area contributed by atoms with Gasteiger partial charge in [0, 0.05) is 27.2 Å². The van der Waals surface area contributed by atoms with Crippen molar-refractivity contribution in [2.45, 2.75) is 32.9 Å². The van der Waals surface area contributed by atoms with Gasteiger partial charge >= 0.3 is 0 Å². The minimum Gasteiger partial charge on any atom is -0.383 e. The van der Waals surface area contributed by atoms with E-state index in [1.54, 1.807) is 26.1 Å². The largest absolute Gasteiger partial charge is 0.383 e. The Balaban J connectivity index is 4.21. The molecule has 0 heterocycles. The topological polar surface area (TPSA) is 41.6 Å². The van der Waals surface area contributed by atoms with Gasteiger partial charge in [-0.2, -0.15) is 0 Å². The Morgan fingerprint density at radius 1 is 1.33 bits per heavy atom. The Kier molecular flexibility index (Phi) is 6.52. The van der Waals surface area contributed by atoms with Crippen LogP contribution in [0.2, 0.25) is 0 Å². The zero-order valence-electron chi connectivity index (χ0n) is 10.7. The number of ether oxygens (including phenoxy) is 1. The molecule has 4 heteroatoms. The number of nitrogens with zero attached hydrogens (tertiary/aromatic N) is 1. The SMILES string of the molecule is COCC(N[C@H](C)C(=O)N(C)C)C(C)C. The summed E-state index contributed by atoms with van der Waals surface area (Å²) in [7, 11) is 5.21. The third kappa shape index (κ3) is 5.14. The Bertz CT molecular complexity index is 193. The number of carbonyl (C=O) groups is 1. The number of hydrogen-bond acceptors (Lipinski definition) is 3. The average Bonchev–Trinajstić information content (AvgIpc) is 2.15. The molecule has 0 spiro atoms. The first-order valence-corrected chi connectivity index (χ1v) is 5.36. The van der Waals surface area contributed by atoms with Gasteiger partial charge in [0.05, 0.1) is 12.6 Å². The van der Waals surface area contributed by atoms with Crippen LogP contribution in [0.3, 0.4) is 0 Å². The molecular weight excluding hydrogens is 192 g/mol. The lowest BCUT2D eigenvalue weighted by molar-refractivity contribution is -0.130. The number of nitrogens with one attached hydrogen (secondary N) is 1. The quantitative estimate of drug-likeness (QED) is 0.711. The van der Waals surface area contributed by atoms with Gasteiger partial charge in [0.1, 0.15) is 0 Å². The van der Waals surface area contributed by atoms with Crippen LogP contribution < -0.4 is 5.32 Å². The molecule has 0 saturated heterocycles. The van der Waals surface area contributed by atoms with Crippen molar-refractivity contribution in [1.29, 1.82) is 0 Å². The molecule has 1 N–H and O–H groups in total. The molecule has 0 radical (unpaired) electrons. The third-order valence-corrected chi connectivity index (χ3v) is 2.43. The Morgan fingerprint density at radius 3 is 2.20 bits per heavy atom. The van der Waals surface area contributed by atoms with Crippen molar-refractivity contribution in [1.82, 2.24) is 10.2 Å². The summed E-state index contributed by atoms with van der Waals surface area (Å²) >= 11 is 0. The summed E-state index contributed by atoms with van der Waals surface area (Å²) < 4.78 is 5.12. The first-order chi connectivity index (χ1) is 6.90. The van der Waals surface area contributed by atoms with Crippen LogP contribution in [-0.4, -0.2) is 50.7 Å². The van der Waals surface area contributed by atoms with Gasteiger partial charge in [-0.15, -0.1) is 0 Å². The van der Waals surface area contributed by atoms with Crippen molar-refractivity contribution < 1.29 is 9.53 Å². The second kappa shape index (κ2) is 6.80. The van der Waals surface area contributed by atoms with Crippen LogP contribution in [0.5, 0.6) is 0 Å². The molecule has 0 aromatic heterocycles. The van der Waals surface area contributed by atoms with Gasteiger partial charge < -0.3 is 15.0 Å². The second-order valence-electron chi connectivity index (χ2n) is 4.43. The van der Waals surface area contributed by atoms with Gasteiger partial charge in [-0.05, 0) is 12.8 Å². The van der Waals surface area contributed by atoms with Crippen LogP contribution in [-0.2, 0) is 9.53 Å². The lowest BCUT2D eigenvalue weighted by atomic mass is 10.0. The minimum atomic E-state index is -0.164. The highest BCUT2D eigenvalue weighted by Crippen LogP contribution is 2.04. The third-order valence-electron chi connectivity index (χ3n) is 2.43. The molecule has 0 bridgehead atoms. The summed E-state index contributed by atoms with van der Waals surface area (Å²) in [5.41, 5.74) is 0. The van der Waals surface area contributed by atoms with Crippen molar-refractivity contribution in [3.8, 4) is 0 Å². The molecule has 0 aromatic carbocycles. The van der Waals surface area contributed by atoms with Crippen molar-refractivity contribution in [2.75, 3.05) is 27.8 Å². The van der Waals surface area contributed by atoms with Crippen LogP contribution >= 0.6 is 0 Å². The number of hydrogen-bond donors (Lipinski definition) is 1. The molecule has 2 atom stereocenters. The summed E-state index contributed by atoms with van der Waals surface area (Å²) in [6.07, 6.45) is 0. The van der Waals surface area contributed by atoms with Crippen molar-refractivity contribution in [3.05, 3.63) is 0 Å². The normalized spacial score (nSPS) is 15.1. The standard InChI is InChI=1S/C11H24N2O2/c1-8(2)10(7-15-6)12-9(3)11(14)13(4)5/h8-10,12H,7H2,1-6H3/t9-,10?/m1/s1. The zero-order valence-corrected chi connectivity index (χ0v) is 10.7. The van der Waals surface area contributed by atoms with Gasteiger partial charge in [0.15, 0.2) is 0 Å². The maximum atomic E-state index is 11.6. The van der Waals surface area contributed by atoms with E-state index in [1.807, 2.05) is 6.92 Å². The molecule has 15 heavy (non-hydrogen) atoms. The zero-order chi connectivity index (χ0) is 12.0. The molecule has 4 nitrogen and oxygen atoms in total. The maximum absolute atomic E-state index is 11.6. The molecule has 0 rings (SSSR count). The highest BCUT2D eigenvalue weighted by atomic mass is 16.5. The van der Waals surface area contributed by atoms with Gasteiger partial charge in [0.2, 0.25) is 5.91 Å². The smallest absolute Gasteiger partial charge is 0.238 e. The van der Waals surface area contributed by atoms with Crippen LogP contribution in [0.1, 0.15) is 20.8 Å². The van der Waals surface area contributed by atoms with E-state index in [1.165, 1.54) is 0 Å². The Hall–Kier alpha value is -0.610. The molecule has 0 aliphatic carbocycles. The lowest BCUT2D eigenvalue weighted by Gasteiger charge is -2.26. The van der Waals surface area contributed by atoms with E-state index < -0.39 is 0 Å². The number of rotatable bonds is 6. The Morgan fingerprint density at radius 2 is 1.87 bits per heavy atom. The Labute approximate surface area is 93.0 Å². The van der Waals surface area contributed by atoms with E-state index in [-0.39, 0.29) is 18.0 Å². The number of carbonyl (C=O) groups excluding carboxylic acids is 1. The predicted molar refractivity (Wildman–Crippen MR) is 61.8 cm³/mol. The van der Waals surface area contributed by atoms with E-state index >= 15 is 0 Å². The molecule has 0 aliphatic heterocycles. The molecule has 1 unspecified atom stereocenters. The molecule has 0 aromatic rings. The molecule has 0 saturated carbocycles. The van der Waals surface area contributed by atoms with Crippen molar-refractivity contribution >= 4 is 5.91 Å². The van der Waals surface area contributed by atoms with Gasteiger partial charge in [-0.25, -0.2) is 0 Å². The first-order valence-electron chi connectivity index (χ1n) is 5.36. The second-order valence-corrected chi connectivity index (χ2v) is 4.43. The highest BCUT2D eigenvalue weighted by molar-refractivity contribution is 5.80. The molecule has 0 aliphatic rings. The van der Waals surface area contributed by atoms with Gasteiger partial charge in [0.25, 0.3) is 0 Å². The molecular formula is C11H24N2O2. The summed E-state index contributed by atoms with van der Waals surface area (Å²) in [5, 5.41) is 3.28. The monoisotopic (exact) mass is 216 g/mol. The van der Waals surface area contributed by atoms with Crippen molar-refractivity contribution in [2.24, 2.45) is 5.92 Å². The van der Waals surface area contributed by atoms with Crippen LogP contribution in [0.4, 0.5) is 0 Å². The number of amides is 1. The fourth-order valence-corrected chi connectivity index (χ4v) is 1.39. The average molecular weight is 216 g/mol. The lowest BCUT2D eigenvalue weighted by Crippen LogP contribution is -2.49. The van der Waals surface area contributed by atoms with Gasteiger partial charge in [-0.1, -0.05) is 13.8 Å². The molecule has 90 valence electrons. The van der Waals surface area contributed by atoms with Crippen molar-refractivity contribution in [3.63, 3.8) is 0 Å². The van der Waals surface area contributed by atoms with E-state index in [9.17, 15) is 4.79 Å². The van der Waals surface area contributed by atoms with Crippen LogP contribution in [0.15, 0.2) is 0 Å². The number of methoxy groups -OCH3 is 1.